The molecule has 0 radical (unpaired) electrons. The first-order chi connectivity index (χ1) is 10.1. The fourth-order valence-corrected chi connectivity index (χ4v) is 3.28. The third-order valence-electron chi connectivity index (χ3n) is 4.65. The fraction of sp³-hybridized carbons (Fsp3) is 0.562. The number of hydrogen-bond donors (Lipinski definition) is 2. The average Bonchev–Trinajstić information content (AvgIpc) is 2.94. The number of anilines is 1. The largest absolute Gasteiger partial charge is 0.508 e. The van der Waals surface area contributed by atoms with Crippen molar-refractivity contribution in [3.05, 3.63) is 24.3 Å². The Morgan fingerprint density at radius 1 is 1.19 bits per heavy atom. The zero-order valence-electron chi connectivity index (χ0n) is 12.5. The summed E-state index contributed by atoms with van der Waals surface area (Å²) in [6, 6.07) is 7.57. The molecule has 1 aromatic carbocycles. The molecule has 3 rings (SSSR count). The number of carbonyl (C=O) groups is 1. The van der Waals surface area contributed by atoms with E-state index in [1.165, 1.54) is 0 Å². The topological polar surface area (TPSA) is 55.8 Å². The quantitative estimate of drug-likeness (QED) is 0.854. The maximum atomic E-state index is 12.5. The number of piperazine rings is 1. The summed E-state index contributed by atoms with van der Waals surface area (Å²) in [7, 11) is 0. The van der Waals surface area contributed by atoms with Crippen LogP contribution in [0, 0.1) is 5.92 Å². The summed E-state index contributed by atoms with van der Waals surface area (Å²) >= 11 is 0. The van der Waals surface area contributed by atoms with Crippen molar-refractivity contribution in [3.63, 3.8) is 0 Å². The molecule has 2 aliphatic rings. The molecule has 1 aromatic rings. The minimum absolute atomic E-state index is 0.144. The summed E-state index contributed by atoms with van der Waals surface area (Å²) < 4.78 is 0. The maximum Gasteiger partial charge on any atom is 0.227 e. The third-order valence-corrected chi connectivity index (χ3v) is 4.65. The van der Waals surface area contributed by atoms with Crippen LogP contribution in [-0.2, 0) is 4.79 Å². The van der Waals surface area contributed by atoms with Gasteiger partial charge in [-0.2, -0.15) is 0 Å². The van der Waals surface area contributed by atoms with E-state index >= 15 is 0 Å². The second kappa shape index (κ2) is 5.93. The lowest BCUT2D eigenvalue weighted by molar-refractivity contribution is -0.136. The van der Waals surface area contributed by atoms with Crippen LogP contribution in [0.4, 0.5) is 5.69 Å². The van der Waals surface area contributed by atoms with Crippen molar-refractivity contribution in [1.29, 1.82) is 0 Å². The zero-order valence-corrected chi connectivity index (χ0v) is 12.5. The highest BCUT2D eigenvalue weighted by atomic mass is 16.3. The van der Waals surface area contributed by atoms with Gasteiger partial charge in [0.2, 0.25) is 5.91 Å². The maximum absolute atomic E-state index is 12.5. The minimum Gasteiger partial charge on any atom is -0.508 e. The van der Waals surface area contributed by atoms with Gasteiger partial charge in [-0.15, -0.1) is 0 Å². The smallest absolute Gasteiger partial charge is 0.227 e. The Kier molecular flexibility index (Phi) is 4.01. The molecule has 2 saturated heterocycles. The first-order valence-electron chi connectivity index (χ1n) is 7.71. The summed E-state index contributed by atoms with van der Waals surface area (Å²) in [5.41, 5.74) is 1.11. The molecule has 2 unspecified atom stereocenters. The van der Waals surface area contributed by atoms with E-state index in [0.29, 0.717) is 11.9 Å². The fourth-order valence-electron chi connectivity index (χ4n) is 3.28. The van der Waals surface area contributed by atoms with E-state index in [1.807, 2.05) is 17.0 Å². The van der Waals surface area contributed by atoms with Gasteiger partial charge in [0.15, 0.2) is 0 Å². The highest BCUT2D eigenvalue weighted by molar-refractivity contribution is 5.80. The highest BCUT2D eigenvalue weighted by Crippen LogP contribution is 2.22. The molecule has 2 heterocycles. The first-order valence-corrected chi connectivity index (χ1v) is 7.71. The van der Waals surface area contributed by atoms with Gasteiger partial charge in [0.05, 0.1) is 5.92 Å². The molecule has 1 amide bonds. The molecule has 2 aliphatic heterocycles. The van der Waals surface area contributed by atoms with Crippen molar-refractivity contribution in [2.45, 2.75) is 19.4 Å². The van der Waals surface area contributed by atoms with E-state index in [4.69, 9.17) is 0 Å². The molecule has 0 aromatic heterocycles. The van der Waals surface area contributed by atoms with Crippen LogP contribution in [-0.4, -0.2) is 54.7 Å². The summed E-state index contributed by atoms with van der Waals surface area (Å²) in [4.78, 5) is 16.8. The highest BCUT2D eigenvalue weighted by Gasteiger charge is 2.33. The Labute approximate surface area is 125 Å². The van der Waals surface area contributed by atoms with Gasteiger partial charge in [0, 0.05) is 37.9 Å². The van der Waals surface area contributed by atoms with Crippen LogP contribution in [0.25, 0.3) is 0 Å². The number of amides is 1. The summed E-state index contributed by atoms with van der Waals surface area (Å²) in [6.45, 7) is 6.31. The normalized spacial score (nSPS) is 26.1. The SMILES string of the molecule is CC1NCCC1C(=O)N1CCN(c2ccc(O)cc2)CC1. The van der Waals surface area contributed by atoms with Crippen molar-refractivity contribution in [1.82, 2.24) is 10.2 Å². The van der Waals surface area contributed by atoms with Crippen LogP contribution in [0.2, 0.25) is 0 Å². The molecule has 0 bridgehead atoms. The summed E-state index contributed by atoms with van der Waals surface area (Å²) in [5, 5.41) is 12.7. The number of nitrogens with one attached hydrogen (secondary N) is 1. The Bertz CT molecular complexity index is 495. The summed E-state index contributed by atoms with van der Waals surface area (Å²) in [5.74, 6) is 0.735. The number of carbonyl (C=O) groups excluding carboxylic acids is 1. The molecule has 0 spiro atoms. The Hall–Kier alpha value is -1.75. The van der Waals surface area contributed by atoms with Crippen LogP contribution < -0.4 is 10.2 Å². The third kappa shape index (κ3) is 2.97. The number of phenols is 1. The zero-order chi connectivity index (χ0) is 14.8. The molecule has 0 aliphatic carbocycles. The molecule has 0 saturated carbocycles. The molecule has 21 heavy (non-hydrogen) atoms. The van der Waals surface area contributed by atoms with Crippen molar-refractivity contribution < 1.29 is 9.90 Å². The van der Waals surface area contributed by atoms with Gasteiger partial charge in [-0.05, 0) is 44.2 Å². The minimum atomic E-state index is 0.144. The van der Waals surface area contributed by atoms with Crippen molar-refractivity contribution in [2.24, 2.45) is 5.92 Å². The lowest BCUT2D eigenvalue weighted by Crippen LogP contribution is -2.51. The van der Waals surface area contributed by atoms with E-state index in [9.17, 15) is 9.90 Å². The Morgan fingerprint density at radius 3 is 2.43 bits per heavy atom. The molecule has 2 fully saturated rings. The number of benzene rings is 1. The van der Waals surface area contributed by atoms with Gasteiger partial charge in [0.1, 0.15) is 5.75 Å². The van der Waals surface area contributed by atoms with Gasteiger partial charge < -0.3 is 20.2 Å². The van der Waals surface area contributed by atoms with Gasteiger partial charge in [-0.3, -0.25) is 4.79 Å². The van der Waals surface area contributed by atoms with E-state index < -0.39 is 0 Å². The monoisotopic (exact) mass is 289 g/mol. The van der Waals surface area contributed by atoms with Gasteiger partial charge >= 0.3 is 0 Å². The van der Waals surface area contributed by atoms with Gasteiger partial charge in [-0.1, -0.05) is 0 Å². The van der Waals surface area contributed by atoms with Crippen LogP contribution in [0.15, 0.2) is 24.3 Å². The number of aromatic hydroxyl groups is 1. The van der Waals surface area contributed by atoms with Crippen LogP contribution >= 0.6 is 0 Å². The molecule has 5 nitrogen and oxygen atoms in total. The number of rotatable bonds is 2. The summed E-state index contributed by atoms with van der Waals surface area (Å²) in [6.07, 6.45) is 0.957. The van der Waals surface area contributed by atoms with Crippen molar-refractivity contribution in [2.75, 3.05) is 37.6 Å². The van der Waals surface area contributed by atoms with Crippen molar-refractivity contribution >= 4 is 11.6 Å². The van der Waals surface area contributed by atoms with E-state index in [0.717, 1.165) is 44.8 Å². The second-order valence-corrected chi connectivity index (χ2v) is 5.97. The molecule has 5 heteroatoms. The number of nitrogens with zero attached hydrogens (tertiary/aromatic N) is 2. The molecular weight excluding hydrogens is 266 g/mol. The second-order valence-electron chi connectivity index (χ2n) is 5.97. The van der Waals surface area contributed by atoms with Crippen LogP contribution in [0.1, 0.15) is 13.3 Å². The standard InChI is InChI=1S/C16H23N3O2/c1-12-15(6-7-17-12)16(21)19-10-8-18(9-11-19)13-2-4-14(20)5-3-13/h2-5,12,15,17,20H,6-11H2,1H3. The van der Waals surface area contributed by atoms with Crippen LogP contribution in [0.5, 0.6) is 5.75 Å². The van der Waals surface area contributed by atoms with Crippen molar-refractivity contribution in [3.8, 4) is 5.75 Å². The molecular formula is C16H23N3O2. The molecule has 2 N–H and O–H groups in total. The predicted molar refractivity (Wildman–Crippen MR) is 82.5 cm³/mol. The Morgan fingerprint density at radius 2 is 1.86 bits per heavy atom. The molecule has 114 valence electrons. The van der Waals surface area contributed by atoms with E-state index in [-0.39, 0.29) is 11.7 Å². The number of hydrogen-bond acceptors (Lipinski definition) is 4. The van der Waals surface area contributed by atoms with Crippen LogP contribution in [0.3, 0.4) is 0 Å². The lowest BCUT2D eigenvalue weighted by Gasteiger charge is -2.37. The van der Waals surface area contributed by atoms with Gasteiger partial charge in [0.25, 0.3) is 0 Å². The molecule has 2 atom stereocenters. The predicted octanol–water partition coefficient (Wildman–Crippen LogP) is 1.04. The van der Waals surface area contributed by atoms with E-state index in [1.54, 1.807) is 12.1 Å². The van der Waals surface area contributed by atoms with E-state index in [2.05, 4.69) is 17.1 Å². The van der Waals surface area contributed by atoms with Gasteiger partial charge in [-0.25, -0.2) is 0 Å². The average molecular weight is 289 g/mol. The number of phenolic OH excluding ortho intramolecular Hbond substituents is 1. The first kappa shape index (κ1) is 14.2. The lowest BCUT2D eigenvalue weighted by atomic mass is 10.00. The Balaban J connectivity index is 1.57.